The fourth-order valence-electron chi connectivity index (χ4n) is 1.36. The van der Waals surface area contributed by atoms with Crippen molar-refractivity contribution in [1.82, 2.24) is 0 Å². The van der Waals surface area contributed by atoms with Crippen LogP contribution in [0.4, 0.5) is 0 Å². The van der Waals surface area contributed by atoms with E-state index in [0.717, 1.165) is 5.56 Å². The van der Waals surface area contributed by atoms with E-state index in [4.69, 9.17) is 27.3 Å². The minimum Gasteiger partial charge on any atom is -0.409 e. The molecule has 0 saturated heterocycles. The standard InChI is InChI=1S/C13H19ClN2O2/c1-13(2,12(15)16-17)7-8-18-9-10-3-5-11(14)6-4-10/h3-6,17H,7-9H2,1-2H3,(H2,15,16). The van der Waals surface area contributed by atoms with Crippen LogP contribution in [-0.4, -0.2) is 17.6 Å². The molecule has 100 valence electrons. The molecule has 1 rings (SSSR count). The number of benzene rings is 1. The predicted molar refractivity (Wildman–Crippen MR) is 72.9 cm³/mol. The van der Waals surface area contributed by atoms with Crippen LogP contribution < -0.4 is 5.73 Å². The third-order valence-corrected chi connectivity index (χ3v) is 3.11. The predicted octanol–water partition coefficient (Wildman–Crippen LogP) is 3.02. The lowest BCUT2D eigenvalue weighted by molar-refractivity contribution is 0.103. The lowest BCUT2D eigenvalue weighted by Crippen LogP contribution is -2.33. The Hall–Kier alpha value is -1.26. The summed E-state index contributed by atoms with van der Waals surface area (Å²) in [4.78, 5) is 0. The summed E-state index contributed by atoms with van der Waals surface area (Å²) in [5.74, 6) is 0.220. The quantitative estimate of drug-likeness (QED) is 0.274. The summed E-state index contributed by atoms with van der Waals surface area (Å²) in [5, 5.41) is 12.4. The van der Waals surface area contributed by atoms with Crippen LogP contribution in [-0.2, 0) is 11.3 Å². The summed E-state index contributed by atoms with van der Waals surface area (Å²) >= 11 is 5.79. The van der Waals surface area contributed by atoms with Crippen molar-refractivity contribution in [2.45, 2.75) is 26.9 Å². The maximum atomic E-state index is 8.64. The number of nitrogens with zero attached hydrogens (tertiary/aromatic N) is 1. The van der Waals surface area contributed by atoms with Crippen LogP contribution in [0, 0.1) is 5.41 Å². The van der Waals surface area contributed by atoms with Gasteiger partial charge in [0.1, 0.15) is 5.84 Å². The number of halogens is 1. The monoisotopic (exact) mass is 270 g/mol. The van der Waals surface area contributed by atoms with Crippen LogP contribution in [0.15, 0.2) is 29.4 Å². The van der Waals surface area contributed by atoms with E-state index in [-0.39, 0.29) is 11.3 Å². The summed E-state index contributed by atoms with van der Waals surface area (Å²) in [7, 11) is 0. The molecule has 1 aromatic rings. The Balaban J connectivity index is 2.33. The number of amidine groups is 1. The molecule has 5 heteroatoms. The molecule has 0 fully saturated rings. The molecule has 0 spiro atoms. The van der Waals surface area contributed by atoms with Crippen LogP contribution in [0.5, 0.6) is 0 Å². The maximum absolute atomic E-state index is 8.64. The maximum Gasteiger partial charge on any atom is 0.144 e. The summed E-state index contributed by atoms with van der Waals surface area (Å²) in [5.41, 5.74) is 6.29. The molecule has 0 radical (unpaired) electrons. The number of hydrogen-bond acceptors (Lipinski definition) is 3. The molecule has 4 nitrogen and oxygen atoms in total. The molecule has 0 atom stereocenters. The molecule has 0 saturated carbocycles. The minimum absolute atomic E-state index is 0.220. The molecule has 1 aromatic carbocycles. The van der Waals surface area contributed by atoms with Crippen LogP contribution in [0.25, 0.3) is 0 Å². The van der Waals surface area contributed by atoms with E-state index in [0.29, 0.717) is 24.7 Å². The van der Waals surface area contributed by atoms with Crippen molar-refractivity contribution in [3.8, 4) is 0 Å². The Kier molecular flexibility index (Phi) is 5.44. The fraction of sp³-hybridized carbons (Fsp3) is 0.462. The second kappa shape index (κ2) is 6.61. The first-order chi connectivity index (χ1) is 8.45. The number of hydrogen-bond donors (Lipinski definition) is 2. The third kappa shape index (κ3) is 4.55. The average molecular weight is 271 g/mol. The zero-order valence-electron chi connectivity index (χ0n) is 10.7. The Morgan fingerprint density at radius 3 is 2.56 bits per heavy atom. The number of nitrogens with two attached hydrogens (primary N) is 1. The molecule has 0 unspecified atom stereocenters. The van der Waals surface area contributed by atoms with Gasteiger partial charge in [-0.2, -0.15) is 0 Å². The molecular formula is C13H19ClN2O2. The highest BCUT2D eigenvalue weighted by atomic mass is 35.5. The van der Waals surface area contributed by atoms with Gasteiger partial charge in [-0.1, -0.05) is 42.7 Å². The van der Waals surface area contributed by atoms with Gasteiger partial charge in [-0.15, -0.1) is 0 Å². The van der Waals surface area contributed by atoms with E-state index in [1.807, 2.05) is 38.1 Å². The molecule has 0 aliphatic rings. The molecule has 0 aliphatic carbocycles. The molecule has 0 bridgehead atoms. The van der Waals surface area contributed by atoms with Gasteiger partial charge in [0.15, 0.2) is 0 Å². The molecule has 0 aliphatic heterocycles. The van der Waals surface area contributed by atoms with Crippen LogP contribution in [0.2, 0.25) is 5.02 Å². The van der Waals surface area contributed by atoms with Crippen molar-refractivity contribution in [3.05, 3.63) is 34.9 Å². The van der Waals surface area contributed by atoms with E-state index < -0.39 is 0 Å². The van der Waals surface area contributed by atoms with Crippen molar-refractivity contribution in [2.75, 3.05) is 6.61 Å². The van der Waals surface area contributed by atoms with Crippen LogP contribution in [0.1, 0.15) is 25.8 Å². The number of ether oxygens (including phenoxy) is 1. The normalized spacial score (nSPS) is 12.7. The van der Waals surface area contributed by atoms with Gasteiger partial charge in [-0.05, 0) is 24.1 Å². The van der Waals surface area contributed by atoms with Gasteiger partial charge in [0.25, 0.3) is 0 Å². The van der Waals surface area contributed by atoms with Crippen LogP contribution in [0.3, 0.4) is 0 Å². The van der Waals surface area contributed by atoms with Crippen molar-refractivity contribution < 1.29 is 9.94 Å². The lowest BCUT2D eigenvalue weighted by Gasteiger charge is -2.22. The highest BCUT2D eigenvalue weighted by molar-refractivity contribution is 6.30. The topological polar surface area (TPSA) is 67.8 Å². The molecule has 18 heavy (non-hydrogen) atoms. The SMILES string of the molecule is CC(C)(CCOCc1ccc(Cl)cc1)C(N)=NO. The van der Waals surface area contributed by atoms with Gasteiger partial charge in [-0.3, -0.25) is 0 Å². The molecule has 0 aromatic heterocycles. The highest BCUT2D eigenvalue weighted by Gasteiger charge is 2.23. The number of oxime groups is 1. The average Bonchev–Trinajstić information content (AvgIpc) is 2.35. The Labute approximate surface area is 112 Å². The second-order valence-corrected chi connectivity index (χ2v) is 5.23. The van der Waals surface area contributed by atoms with E-state index in [1.54, 1.807) is 0 Å². The smallest absolute Gasteiger partial charge is 0.144 e. The van der Waals surface area contributed by atoms with Crippen LogP contribution >= 0.6 is 11.6 Å². The van der Waals surface area contributed by atoms with Gasteiger partial charge in [0, 0.05) is 17.0 Å². The third-order valence-electron chi connectivity index (χ3n) is 2.85. The van der Waals surface area contributed by atoms with E-state index >= 15 is 0 Å². The summed E-state index contributed by atoms with van der Waals surface area (Å²) in [6.07, 6.45) is 0.691. The highest BCUT2D eigenvalue weighted by Crippen LogP contribution is 2.20. The van der Waals surface area contributed by atoms with Gasteiger partial charge < -0.3 is 15.7 Å². The fourth-order valence-corrected chi connectivity index (χ4v) is 1.49. The van der Waals surface area contributed by atoms with Gasteiger partial charge >= 0.3 is 0 Å². The lowest BCUT2D eigenvalue weighted by atomic mass is 9.88. The summed E-state index contributed by atoms with van der Waals surface area (Å²) in [6.45, 7) is 4.90. The molecular weight excluding hydrogens is 252 g/mol. The van der Waals surface area contributed by atoms with E-state index in [2.05, 4.69) is 5.16 Å². The van der Waals surface area contributed by atoms with E-state index in [1.165, 1.54) is 0 Å². The molecule has 0 amide bonds. The van der Waals surface area contributed by atoms with Gasteiger partial charge in [0.05, 0.1) is 6.61 Å². The summed E-state index contributed by atoms with van der Waals surface area (Å²) in [6, 6.07) is 7.52. The minimum atomic E-state index is -0.366. The van der Waals surface area contributed by atoms with Crippen molar-refractivity contribution in [3.63, 3.8) is 0 Å². The van der Waals surface area contributed by atoms with Crippen molar-refractivity contribution in [1.29, 1.82) is 0 Å². The number of rotatable bonds is 6. The Morgan fingerprint density at radius 2 is 2.00 bits per heavy atom. The van der Waals surface area contributed by atoms with E-state index in [9.17, 15) is 0 Å². The van der Waals surface area contributed by atoms with Crippen molar-refractivity contribution in [2.24, 2.45) is 16.3 Å². The Bertz CT molecular complexity index is 402. The van der Waals surface area contributed by atoms with Gasteiger partial charge in [0.2, 0.25) is 0 Å². The first-order valence-electron chi connectivity index (χ1n) is 5.76. The first kappa shape index (κ1) is 14.8. The summed E-state index contributed by atoms with van der Waals surface area (Å²) < 4.78 is 5.55. The Morgan fingerprint density at radius 1 is 1.39 bits per heavy atom. The largest absolute Gasteiger partial charge is 0.409 e. The second-order valence-electron chi connectivity index (χ2n) is 4.80. The molecule has 3 N–H and O–H groups in total. The first-order valence-corrected chi connectivity index (χ1v) is 6.14. The van der Waals surface area contributed by atoms with Crippen molar-refractivity contribution >= 4 is 17.4 Å². The zero-order valence-corrected chi connectivity index (χ0v) is 11.4. The zero-order chi connectivity index (χ0) is 13.6. The van der Waals surface area contributed by atoms with Gasteiger partial charge in [-0.25, -0.2) is 0 Å². The molecule has 0 heterocycles.